The molecule has 0 spiro atoms. The molecule has 5 nitrogen and oxygen atoms in total. The molecule has 0 bridgehead atoms. The summed E-state index contributed by atoms with van der Waals surface area (Å²) in [5.74, 6) is -2.15. The molecule has 1 rings (SSSR count). The second kappa shape index (κ2) is 6.41. The van der Waals surface area contributed by atoms with E-state index in [1.807, 2.05) is 0 Å². The zero-order valence-electron chi connectivity index (χ0n) is 10.1. The number of amides is 1. The lowest BCUT2D eigenvalue weighted by atomic mass is 10.0. The zero-order chi connectivity index (χ0) is 14.7. The minimum atomic E-state index is -1.14. The molecule has 19 heavy (non-hydrogen) atoms. The first-order chi connectivity index (χ1) is 8.75. The summed E-state index contributed by atoms with van der Waals surface area (Å²) in [4.78, 5) is 26.7. The van der Waals surface area contributed by atoms with Gasteiger partial charge in [0.15, 0.2) is 0 Å². The van der Waals surface area contributed by atoms with Crippen molar-refractivity contribution in [2.75, 3.05) is 0 Å². The SMILES string of the molecule is CC(C)[C@H](NC(=O)c1ncc(Cl)c(Cl)c1Cl)C(=O)O. The van der Waals surface area contributed by atoms with E-state index in [9.17, 15) is 9.59 Å². The molecule has 0 fully saturated rings. The van der Waals surface area contributed by atoms with Crippen molar-refractivity contribution in [2.45, 2.75) is 19.9 Å². The molecule has 0 saturated carbocycles. The van der Waals surface area contributed by atoms with Gasteiger partial charge in [-0.25, -0.2) is 9.78 Å². The fourth-order valence-corrected chi connectivity index (χ4v) is 1.89. The molecule has 2 N–H and O–H groups in total. The highest BCUT2D eigenvalue weighted by Crippen LogP contribution is 2.31. The van der Waals surface area contributed by atoms with E-state index in [-0.39, 0.29) is 26.7 Å². The van der Waals surface area contributed by atoms with Crippen LogP contribution >= 0.6 is 34.8 Å². The van der Waals surface area contributed by atoms with Crippen molar-refractivity contribution in [1.29, 1.82) is 0 Å². The van der Waals surface area contributed by atoms with Gasteiger partial charge in [0.2, 0.25) is 0 Å². The van der Waals surface area contributed by atoms with E-state index in [0.29, 0.717) is 0 Å². The number of rotatable bonds is 4. The summed E-state index contributed by atoms with van der Waals surface area (Å²) in [6.45, 7) is 3.34. The van der Waals surface area contributed by atoms with E-state index in [4.69, 9.17) is 39.9 Å². The molecule has 1 heterocycles. The normalized spacial score (nSPS) is 12.3. The maximum atomic E-state index is 11.9. The number of carbonyl (C=O) groups excluding carboxylic acids is 1. The third kappa shape index (κ3) is 3.72. The summed E-state index contributed by atoms with van der Waals surface area (Å²) < 4.78 is 0. The first kappa shape index (κ1) is 16.0. The Bertz CT molecular complexity index is 520. The highest BCUT2D eigenvalue weighted by molar-refractivity contribution is 6.48. The van der Waals surface area contributed by atoms with Gasteiger partial charge in [0.1, 0.15) is 11.7 Å². The molecular formula is C11H11Cl3N2O3. The Morgan fingerprint density at radius 1 is 1.26 bits per heavy atom. The average Bonchev–Trinajstić information content (AvgIpc) is 2.32. The zero-order valence-corrected chi connectivity index (χ0v) is 12.3. The standard InChI is InChI=1S/C11H11Cl3N2O3/c1-4(2)8(11(18)19)16-10(17)9-7(14)6(13)5(12)3-15-9/h3-4,8H,1-2H3,(H,16,17)(H,18,19)/t8-/m0/s1. The van der Waals surface area contributed by atoms with Crippen LogP contribution in [0.5, 0.6) is 0 Å². The molecule has 1 aromatic rings. The third-order valence-corrected chi connectivity index (χ3v) is 3.59. The molecule has 0 unspecified atom stereocenters. The van der Waals surface area contributed by atoms with Crippen LogP contribution in [0.2, 0.25) is 15.1 Å². The van der Waals surface area contributed by atoms with Crippen molar-refractivity contribution in [3.63, 3.8) is 0 Å². The van der Waals surface area contributed by atoms with Gasteiger partial charge in [-0.15, -0.1) is 0 Å². The maximum absolute atomic E-state index is 11.9. The molecule has 8 heteroatoms. The smallest absolute Gasteiger partial charge is 0.326 e. The predicted molar refractivity (Wildman–Crippen MR) is 73.0 cm³/mol. The van der Waals surface area contributed by atoms with E-state index in [1.54, 1.807) is 13.8 Å². The Labute approximate surface area is 124 Å². The largest absolute Gasteiger partial charge is 0.480 e. The predicted octanol–water partition coefficient (Wildman–Crippen LogP) is 2.88. The number of carboxylic acid groups (broad SMARTS) is 1. The van der Waals surface area contributed by atoms with Crippen LogP contribution in [-0.2, 0) is 4.79 Å². The van der Waals surface area contributed by atoms with Gasteiger partial charge in [0.05, 0.1) is 15.1 Å². The highest BCUT2D eigenvalue weighted by Gasteiger charge is 2.26. The molecule has 1 aromatic heterocycles. The van der Waals surface area contributed by atoms with Gasteiger partial charge < -0.3 is 10.4 Å². The lowest BCUT2D eigenvalue weighted by Gasteiger charge is -2.18. The van der Waals surface area contributed by atoms with Crippen LogP contribution in [-0.4, -0.2) is 28.0 Å². The summed E-state index contributed by atoms with van der Waals surface area (Å²) in [6, 6.07) is -1.04. The number of pyridine rings is 1. The van der Waals surface area contributed by atoms with Crippen LogP contribution in [0.1, 0.15) is 24.3 Å². The third-order valence-electron chi connectivity index (χ3n) is 2.35. The van der Waals surface area contributed by atoms with Crippen LogP contribution in [0.4, 0.5) is 0 Å². The number of carbonyl (C=O) groups is 2. The van der Waals surface area contributed by atoms with Crippen LogP contribution in [0.25, 0.3) is 0 Å². The Balaban J connectivity index is 3.02. The number of hydrogen-bond acceptors (Lipinski definition) is 3. The van der Waals surface area contributed by atoms with Crippen LogP contribution < -0.4 is 5.32 Å². The van der Waals surface area contributed by atoms with E-state index < -0.39 is 17.9 Å². The number of halogens is 3. The minimum Gasteiger partial charge on any atom is -0.480 e. The van der Waals surface area contributed by atoms with Crippen molar-refractivity contribution in [1.82, 2.24) is 10.3 Å². The fraction of sp³-hybridized carbons (Fsp3) is 0.364. The van der Waals surface area contributed by atoms with E-state index >= 15 is 0 Å². The topological polar surface area (TPSA) is 79.3 Å². The van der Waals surface area contributed by atoms with Crippen LogP contribution in [0, 0.1) is 5.92 Å². The lowest BCUT2D eigenvalue weighted by molar-refractivity contribution is -0.140. The van der Waals surface area contributed by atoms with E-state index in [2.05, 4.69) is 10.3 Å². The van der Waals surface area contributed by atoms with Gasteiger partial charge in [0, 0.05) is 6.20 Å². The molecule has 104 valence electrons. The molecule has 0 aliphatic heterocycles. The van der Waals surface area contributed by atoms with E-state index in [1.165, 1.54) is 6.20 Å². The van der Waals surface area contributed by atoms with Gasteiger partial charge in [-0.2, -0.15) is 0 Å². The Morgan fingerprint density at radius 2 is 1.84 bits per heavy atom. The maximum Gasteiger partial charge on any atom is 0.326 e. The lowest BCUT2D eigenvalue weighted by Crippen LogP contribution is -2.44. The Kier molecular flexibility index (Phi) is 5.40. The number of aromatic nitrogens is 1. The van der Waals surface area contributed by atoms with Gasteiger partial charge in [-0.3, -0.25) is 4.79 Å². The van der Waals surface area contributed by atoms with Crippen molar-refractivity contribution >= 4 is 46.7 Å². The first-order valence-electron chi connectivity index (χ1n) is 5.28. The van der Waals surface area contributed by atoms with Gasteiger partial charge in [-0.05, 0) is 5.92 Å². The van der Waals surface area contributed by atoms with Crippen LogP contribution in [0.15, 0.2) is 6.20 Å². The number of aliphatic carboxylic acids is 1. The molecule has 0 aromatic carbocycles. The van der Waals surface area contributed by atoms with E-state index in [0.717, 1.165) is 0 Å². The van der Waals surface area contributed by atoms with Crippen molar-refractivity contribution in [3.8, 4) is 0 Å². The average molecular weight is 326 g/mol. The number of carboxylic acids is 1. The Morgan fingerprint density at radius 3 is 2.32 bits per heavy atom. The molecule has 0 radical (unpaired) electrons. The molecule has 0 aliphatic carbocycles. The molecule has 0 aliphatic rings. The summed E-state index contributed by atoms with van der Waals surface area (Å²) in [7, 11) is 0. The van der Waals surface area contributed by atoms with Crippen molar-refractivity contribution < 1.29 is 14.7 Å². The minimum absolute atomic E-state index is 0.0000877. The quantitative estimate of drug-likeness (QED) is 0.892. The van der Waals surface area contributed by atoms with Crippen LogP contribution in [0.3, 0.4) is 0 Å². The summed E-state index contributed by atoms with van der Waals surface area (Å²) in [6.07, 6.45) is 1.18. The molecule has 1 atom stereocenters. The summed E-state index contributed by atoms with van der Waals surface area (Å²) >= 11 is 17.3. The second-order valence-corrected chi connectivity index (χ2v) is 5.28. The molecule has 1 amide bonds. The highest BCUT2D eigenvalue weighted by atomic mass is 35.5. The first-order valence-corrected chi connectivity index (χ1v) is 6.42. The van der Waals surface area contributed by atoms with Gasteiger partial charge >= 0.3 is 5.97 Å². The number of nitrogens with zero attached hydrogens (tertiary/aromatic N) is 1. The Hall–Kier alpha value is -1.04. The fourth-order valence-electron chi connectivity index (χ4n) is 1.32. The molecular weight excluding hydrogens is 314 g/mol. The van der Waals surface area contributed by atoms with Gasteiger partial charge in [0.25, 0.3) is 5.91 Å². The van der Waals surface area contributed by atoms with Crippen molar-refractivity contribution in [2.24, 2.45) is 5.92 Å². The monoisotopic (exact) mass is 324 g/mol. The summed E-state index contributed by atoms with van der Waals surface area (Å²) in [5.41, 5.74) is -0.164. The second-order valence-electron chi connectivity index (χ2n) is 4.12. The van der Waals surface area contributed by atoms with Gasteiger partial charge in [-0.1, -0.05) is 48.7 Å². The number of nitrogens with one attached hydrogen (secondary N) is 1. The molecule has 0 saturated heterocycles. The number of hydrogen-bond donors (Lipinski definition) is 2. The summed E-state index contributed by atoms with van der Waals surface area (Å²) in [5, 5.41) is 11.3. The van der Waals surface area contributed by atoms with Crippen molar-refractivity contribution in [3.05, 3.63) is 27.0 Å².